The van der Waals surface area contributed by atoms with E-state index in [9.17, 15) is 4.79 Å². The lowest BCUT2D eigenvalue weighted by atomic mass is 10.1. The molecule has 122 valence electrons. The molecule has 0 radical (unpaired) electrons. The molecule has 2 rings (SSSR count). The summed E-state index contributed by atoms with van der Waals surface area (Å²) in [5.74, 6) is 0.0975. The standard InChI is InChI=1S/C18H28N2OS/c1-4-14-7-5-6-8-17(14)20-18(21)11-13(2)19-15-9-10-16(12-15)22-3/h5-8,13,15-16,19H,4,9-12H2,1-3H3,(H,20,21)/t13-,15-,16-/m0/s1. The molecule has 1 aliphatic carbocycles. The van der Waals surface area contributed by atoms with E-state index in [-0.39, 0.29) is 11.9 Å². The van der Waals surface area contributed by atoms with Crippen LogP contribution in [-0.2, 0) is 11.2 Å². The summed E-state index contributed by atoms with van der Waals surface area (Å²) in [4.78, 5) is 12.2. The van der Waals surface area contributed by atoms with Gasteiger partial charge in [0, 0.05) is 29.4 Å². The summed E-state index contributed by atoms with van der Waals surface area (Å²) in [6, 6.07) is 8.83. The van der Waals surface area contributed by atoms with Gasteiger partial charge in [0.25, 0.3) is 0 Å². The Morgan fingerprint density at radius 2 is 2.14 bits per heavy atom. The number of carbonyl (C=O) groups excluding carboxylic acids is 1. The van der Waals surface area contributed by atoms with Crippen LogP contribution in [0, 0.1) is 0 Å². The van der Waals surface area contributed by atoms with Crippen molar-refractivity contribution in [3.05, 3.63) is 29.8 Å². The molecule has 2 N–H and O–H groups in total. The van der Waals surface area contributed by atoms with Gasteiger partial charge in [0.05, 0.1) is 0 Å². The van der Waals surface area contributed by atoms with Gasteiger partial charge in [-0.05, 0) is 50.5 Å². The number of carbonyl (C=O) groups is 1. The van der Waals surface area contributed by atoms with Crippen molar-refractivity contribution in [1.29, 1.82) is 0 Å². The average Bonchev–Trinajstić information content (AvgIpc) is 2.95. The molecule has 1 fully saturated rings. The molecule has 0 spiro atoms. The summed E-state index contributed by atoms with van der Waals surface area (Å²) in [5, 5.41) is 7.46. The summed E-state index contributed by atoms with van der Waals surface area (Å²) in [7, 11) is 0. The molecule has 1 aromatic carbocycles. The van der Waals surface area contributed by atoms with Crippen molar-refractivity contribution in [2.75, 3.05) is 11.6 Å². The topological polar surface area (TPSA) is 41.1 Å². The number of aryl methyl sites for hydroxylation is 1. The van der Waals surface area contributed by atoms with Crippen molar-refractivity contribution < 1.29 is 4.79 Å². The van der Waals surface area contributed by atoms with Gasteiger partial charge in [-0.25, -0.2) is 0 Å². The van der Waals surface area contributed by atoms with Gasteiger partial charge in [0.15, 0.2) is 0 Å². The van der Waals surface area contributed by atoms with Gasteiger partial charge in [-0.3, -0.25) is 4.79 Å². The van der Waals surface area contributed by atoms with Crippen LogP contribution in [0.15, 0.2) is 24.3 Å². The number of anilines is 1. The first-order valence-electron chi connectivity index (χ1n) is 8.29. The Morgan fingerprint density at radius 1 is 1.36 bits per heavy atom. The third-order valence-corrected chi connectivity index (χ3v) is 5.50. The van der Waals surface area contributed by atoms with Gasteiger partial charge >= 0.3 is 0 Å². The van der Waals surface area contributed by atoms with Crippen molar-refractivity contribution in [3.8, 4) is 0 Å². The van der Waals surface area contributed by atoms with E-state index in [1.54, 1.807) is 0 Å². The van der Waals surface area contributed by atoms with E-state index in [2.05, 4.69) is 36.8 Å². The van der Waals surface area contributed by atoms with Crippen LogP contribution in [0.5, 0.6) is 0 Å². The molecule has 0 heterocycles. The minimum Gasteiger partial charge on any atom is -0.326 e. The fourth-order valence-electron chi connectivity index (χ4n) is 3.20. The number of hydrogen-bond donors (Lipinski definition) is 2. The Bertz CT molecular complexity index is 492. The Labute approximate surface area is 138 Å². The van der Waals surface area contributed by atoms with Gasteiger partial charge in [0.2, 0.25) is 5.91 Å². The van der Waals surface area contributed by atoms with Gasteiger partial charge in [-0.1, -0.05) is 25.1 Å². The van der Waals surface area contributed by atoms with Crippen LogP contribution in [0.4, 0.5) is 5.69 Å². The normalized spacial score (nSPS) is 22.5. The summed E-state index contributed by atoms with van der Waals surface area (Å²) >= 11 is 1.96. The van der Waals surface area contributed by atoms with E-state index >= 15 is 0 Å². The monoisotopic (exact) mass is 320 g/mol. The van der Waals surface area contributed by atoms with Crippen LogP contribution >= 0.6 is 11.8 Å². The molecule has 0 bridgehead atoms. The number of nitrogens with one attached hydrogen (secondary N) is 2. The fraction of sp³-hybridized carbons (Fsp3) is 0.611. The highest BCUT2D eigenvalue weighted by Crippen LogP contribution is 2.28. The van der Waals surface area contributed by atoms with E-state index in [4.69, 9.17) is 0 Å². The lowest BCUT2D eigenvalue weighted by molar-refractivity contribution is -0.116. The van der Waals surface area contributed by atoms with Crippen molar-refractivity contribution in [1.82, 2.24) is 5.32 Å². The van der Waals surface area contributed by atoms with Crippen molar-refractivity contribution in [2.24, 2.45) is 0 Å². The fourth-order valence-corrected chi connectivity index (χ4v) is 3.99. The number of amides is 1. The van der Waals surface area contributed by atoms with Crippen molar-refractivity contribution in [2.45, 2.75) is 63.3 Å². The van der Waals surface area contributed by atoms with Crippen LogP contribution in [0.2, 0.25) is 0 Å². The van der Waals surface area contributed by atoms with Gasteiger partial charge in [-0.15, -0.1) is 0 Å². The highest BCUT2D eigenvalue weighted by atomic mass is 32.2. The van der Waals surface area contributed by atoms with Crippen molar-refractivity contribution >= 4 is 23.4 Å². The second-order valence-electron chi connectivity index (χ2n) is 6.20. The molecule has 1 saturated carbocycles. The zero-order valence-electron chi connectivity index (χ0n) is 13.9. The lowest BCUT2D eigenvalue weighted by Gasteiger charge is -2.19. The van der Waals surface area contributed by atoms with Gasteiger partial charge < -0.3 is 10.6 Å². The first-order valence-corrected chi connectivity index (χ1v) is 9.57. The largest absolute Gasteiger partial charge is 0.326 e. The lowest BCUT2D eigenvalue weighted by Crippen LogP contribution is -2.37. The molecule has 1 aliphatic rings. The Balaban J connectivity index is 1.79. The highest BCUT2D eigenvalue weighted by Gasteiger charge is 2.25. The predicted molar refractivity (Wildman–Crippen MR) is 96.6 cm³/mol. The number of rotatable bonds is 7. The first-order chi connectivity index (χ1) is 10.6. The Hall–Kier alpha value is -1.000. The number of para-hydroxylation sites is 1. The second kappa shape index (κ2) is 8.59. The summed E-state index contributed by atoms with van der Waals surface area (Å²) in [6.45, 7) is 4.22. The molecular weight excluding hydrogens is 292 g/mol. The molecule has 0 aliphatic heterocycles. The molecule has 4 heteroatoms. The first kappa shape index (κ1) is 17.4. The number of benzene rings is 1. The van der Waals surface area contributed by atoms with E-state index in [1.165, 1.54) is 24.8 Å². The molecule has 3 atom stereocenters. The molecule has 0 saturated heterocycles. The minimum absolute atomic E-state index is 0.0975. The van der Waals surface area contributed by atoms with E-state index in [0.29, 0.717) is 12.5 Å². The van der Waals surface area contributed by atoms with Gasteiger partial charge in [0.1, 0.15) is 0 Å². The summed E-state index contributed by atoms with van der Waals surface area (Å²) < 4.78 is 0. The minimum atomic E-state index is 0.0975. The molecule has 3 nitrogen and oxygen atoms in total. The van der Waals surface area contributed by atoms with Crippen LogP contribution in [0.25, 0.3) is 0 Å². The van der Waals surface area contributed by atoms with E-state index in [0.717, 1.165) is 17.4 Å². The zero-order chi connectivity index (χ0) is 15.9. The van der Waals surface area contributed by atoms with Crippen LogP contribution in [0.1, 0.15) is 45.1 Å². The molecule has 0 unspecified atom stereocenters. The SMILES string of the molecule is CCc1ccccc1NC(=O)C[C@H](C)N[C@H]1CC[C@H](SC)C1. The maximum Gasteiger partial charge on any atom is 0.225 e. The molecule has 0 aromatic heterocycles. The smallest absolute Gasteiger partial charge is 0.225 e. The summed E-state index contributed by atoms with van der Waals surface area (Å²) in [5.41, 5.74) is 2.14. The molecule has 1 amide bonds. The third kappa shape index (κ3) is 5.03. The maximum atomic E-state index is 12.2. The van der Waals surface area contributed by atoms with Crippen LogP contribution < -0.4 is 10.6 Å². The van der Waals surface area contributed by atoms with Crippen molar-refractivity contribution in [3.63, 3.8) is 0 Å². The number of hydrogen-bond acceptors (Lipinski definition) is 3. The van der Waals surface area contributed by atoms with Crippen LogP contribution in [-0.4, -0.2) is 29.5 Å². The molecular formula is C18H28N2OS. The third-order valence-electron chi connectivity index (χ3n) is 4.40. The quantitative estimate of drug-likeness (QED) is 0.802. The second-order valence-corrected chi connectivity index (χ2v) is 7.34. The van der Waals surface area contributed by atoms with Crippen LogP contribution in [0.3, 0.4) is 0 Å². The predicted octanol–water partition coefficient (Wildman–Crippen LogP) is 3.84. The molecule has 1 aromatic rings. The van der Waals surface area contributed by atoms with E-state index in [1.807, 2.05) is 30.0 Å². The Kier molecular flexibility index (Phi) is 6.77. The highest BCUT2D eigenvalue weighted by molar-refractivity contribution is 7.99. The van der Waals surface area contributed by atoms with E-state index < -0.39 is 0 Å². The Morgan fingerprint density at radius 3 is 2.82 bits per heavy atom. The van der Waals surface area contributed by atoms with Gasteiger partial charge in [-0.2, -0.15) is 11.8 Å². The summed E-state index contributed by atoms with van der Waals surface area (Å²) in [6.07, 6.45) is 7.40. The average molecular weight is 321 g/mol. The zero-order valence-corrected chi connectivity index (χ0v) is 14.7. The number of thioether (sulfide) groups is 1. The molecule has 22 heavy (non-hydrogen) atoms. The maximum absolute atomic E-state index is 12.2.